The van der Waals surface area contributed by atoms with Gasteiger partial charge in [-0.25, -0.2) is 0 Å². The lowest BCUT2D eigenvalue weighted by Crippen LogP contribution is -2.23. The first-order chi connectivity index (χ1) is 6.13. The van der Waals surface area contributed by atoms with Crippen LogP contribution in [0, 0.1) is 20.2 Å². The van der Waals surface area contributed by atoms with E-state index >= 15 is 0 Å². The van der Waals surface area contributed by atoms with Crippen molar-refractivity contribution < 1.29 is 14.8 Å². The van der Waals surface area contributed by atoms with Gasteiger partial charge in [-0.1, -0.05) is 0 Å². The first kappa shape index (κ1) is 11.6. The quantitative estimate of drug-likeness (QED) is 0.315. The van der Waals surface area contributed by atoms with Gasteiger partial charge in [-0.3, -0.25) is 10.1 Å². The van der Waals surface area contributed by atoms with E-state index in [-0.39, 0.29) is 13.2 Å². The van der Waals surface area contributed by atoms with Crippen molar-refractivity contribution in [3.63, 3.8) is 0 Å². The molecule has 0 aliphatic heterocycles. The third-order valence-electron chi connectivity index (χ3n) is 1.17. The van der Waals surface area contributed by atoms with Crippen LogP contribution in [0.25, 0.3) is 0 Å². The predicted octanol–water partition coefficient (Wildman–Crippen LogP) is -0.549. The predicted molar refractivity (Wildman–Crippen MR) is 42.3 cm³/mol. The van der Waals surface area contributed by atoms with E-state index in [0.29, 0.717) is 19.5 Å². The van der Waals surface area contributed by atoms with Gasteiger partial charge in [0, 0.05) is 24.4 Å². The Labute approximate surface area is 74.1 Å². The Hall–Kier alpha value is -1.44. The third-order valence-corrected chi connectivity index (χ3v) is 1.17. The number of nitro groups is 1. The van der Waals surface area contributed by atoms with Gasteiger partial charge in [0.25, 0.3) is 5.09 Å². The molecule has 13 heavy (non-hydrogen) atoms. The Morgan fingerprint density at radius 2 is 1.92 bits per heavy atom. The lowest BCUT2D eigenvalue weighted by Gasteiger charge is -2.00. The molecule has 0 aromatic rings. The average molecular weight is 193 g/mol. The Morgan fingerprint density at radius 3 is 2.46 bits per heavy atom. The van der Waals surface area contributed by atoms with E-state index in [1.807, 2.05) is 0 Å². The molecule has 0 saturated carbocycles. The Kier molecular flexibility index (Phi) is 6.42. The smallest absolute Gasteiger partial charge is 0.294 e. The Morgan fingerprint density at radius 1 is 1.23 bits per heavy atom. The zero-order valence-corrected chi connectivity index (χ0v) is 6.97. The van der Waals surface area contributed by atoms with Crippen LogP contribution in [0.1, 0.15) is 6.42 Å². The molecular weight excluding hydrogens is 182 g/mol. The molecular formula is C5H11N3O5. The van der Waals surface area contributed by atoms with E-state index in [4.69, 9.17) is 0 Å². The summed E-state index contributed by atoms with van der Waals surface area (Å²) < 4.78 is 0. The molecule has 0 radical (unpaired) electrons. The van der Waals surface area contributed by atoms with Gasteiger partial charge in [0.1, 0.15) is 6.61 Å². The summed E-state index contributed by atoms with van der Waals surface area (Å²) >= 11 is 0. The summed E-state index contributed by atoms with van der Waals surface area (Å²) in [5, 5.41) is 21.4. The molecule has 0 heterocycles. The van der Waals surface area contributed by atoms with Gasteiger partial charge in [-0.05, 0) is 0 Å². The molecule has 0 amide bonds. The van der Waals surface area contributed by atoms with Gasteiger partial charge < -0.3 is 10.2 Å². The van der Waals surface area contributed by atoms with Crippen molar-refractivity contribution in [2.24, 2.45) is 0 Å². The minimum atomic E-state index is -0.876. The third kappa shape index (κ3) is 10.6. The Balaban J connectivity index is 3.00. The van der Waals surface area contributed by atoms with Gasteiger partial charge in [0.15, 0.2) is 0 Å². The molecule has 0 atom stereocenters. The number of rotatable bonds is 8. The van der Waals surface area contributed by atoms with E-state index in [2.05, 4.69) is 10.2 Å². The lowest BCUT2D eigenvalue weighted by atomic mass is 10.4. The lowest BCUT2D eigenvalue weighted by molar-refractivity contribution is -0.757. The van der Waals surface area contributed by atoms with Crippen molar-refractivity contribution in [1.29, 1.82) is 0 Å². The highest BCUT2D eigenvalue weighted by molar-refractivity contribution is 4.44. The highest BCUT2D eigenvalue weighted by Gasteiger charge is 1.96. The molecule has 1 N–H and O–H groups in total. The molecule has 8 nitrogen and oxygen atoms in total. The van der Waals surface area contributed by atoms with E-state index < -0.39 is 10.0 Å². The first-order valence-electron chi connectivity index (χ1n) is 3.72. The first-order valence-corrected chi connectivity index (χ1v) is 3.72. The maximum atomic E-state index is 9.84. The van der Waals surface area contributed by atoms with Crippen LogP contribution in [0.4, 0.5) is 0 Å². The maximum Gasteiger partial charge on any atom is 0.294 e. The molecule has 0 aliphatic carbocycles. The zero-order valence-electron chi connectivity index (χ0n) is 6.97. The molecule has 0 aromatic heterocycles. The highest BCUT2D eigenvalue weighted by Crippen LogP contribution is 1.78. The summed E-state index contributed by atoms with van der Waals surface area (Å²) in [6, 6.07) is 0. The van der Waals surface area contributed by atoms with Crippen molar-refractivity contribution in [1.82, 2.24) is 5.32 Å². The normalized spacial score (nSPS) is 9.54. The molecule has 0 aromatic carbocycles. The van der Waals surface area contributed by atoms with Crippen LogP contribution in [0.2, 0.25) is 0 Å². The van der Waals surface area contributed by atoms with E-state index in [1.165, 1.54) is 0 Å². The van der Waals surface area contributed by atoms with E-state index in [9.17, 15) is 20.2 Å². The van der Waals surface area contributed by atoms with Gasteiger partial charge in [-0.2, -0.15) is 0 Å². The molecule has 0 unspecified atom stereocenters. The second-order valence-corrected chi connectivity index (χ2v) is 2.22. The molecule has 0 rings (SSSR count). The molecule has 76 valence electrons. The van der Waals surface area contributed by atoms with E-state index in [1.54, 1.807) is 0 Å². The van der Waals surface area contributed by atoms with Gasteiger partial charge in [-0.15, -0.1) is 10.1 Å². The average Bonchev–Trinajstić information content (AvgIpc) is 2.01. The molecule has 8 heteroatoms. The largest absolute Gasteiger partial charge is 0.315 e. The monoisotopic (exact) mass is 193 g/mol. The second-order valence-electron chi connectivity index (χ2n) is 2.22. The Bertz CT molecular complexity index is 156. The summed E-state index contributed by atoms with van der Waals surface area (Å²) in [6.45, 7) is 0.648. The number of nitrogens with zero attached hydrogens (tertiary/aromatic N) is 2. The van der Waals surface area contributed by atoms with Crippen LogP contribution in [0.3, 0.4) is 0 Å². The van der Waals surface area contributed by atoms with Crippen LogP contribution in [-0.4, -0.2) is 36.3 Å². The molecule has 0 aliphatic rings. The zero-order chi connectivity index (χ0) is 10.1. The molecule has 0 spiro atoms. The summed E-state index contributed by atoms with van der Waals surface area (Å²) in [5.74, 6) is 0. The standard InChI is InChI=1S/C5H11N3O5/c9-7(10)4-1-2-6-3-5-13-8(11)12/h6H,1-5H2. The summed E-state index contributed by atoms with van der Waals surface area (Å²) in [7, 11) is 0. The summed E-state index contributed by atoms with van der Waals surface area (Å²) in [6.07, 6.45) is 0.408. The van der Waals surface area contributed by atoms with Gasteiger partial charge in [0.2, 0.25) is 6.54 Å². The van der Waals surface area contributed by atoms with Crippen LogP contribution in [-0.2, 0) is 4.84 Å². The van der Waals surface area contributed by atoms with Gasteiger partial charge in [0.05, 0.1) is 0 Å². The highest BCUT2D eigenvalue weighted by atomic mass is 16.9. The fraction of sp³-hybridized carbons (Fsp3) is 1.00. The summed E-state index contributed by atoms with van der Waals surface area (Å²) in [4.78, 5) is 23.1. The van der Waals surface area contributed by atoms with Crippen LogP contribution >= 0.6 is 0 Å². The minimum absolute atomic E-state index is 0.0362. The number of hydrogen-bond acceptors (Lipinski definition) is 6. The SMILES string of the molecule is O=[N+]([O-])CCCNCCO[N+](=O)[O-]. The van der Waals surface area contributed by atoms with Crippen molar-refractivity contribution in [2.45, 2.75) is 6.42 Å². The molecule has 0 saturated heterocycles. The number of nitrogens with one attached hydrogen (secondary N) is 1. The van der Waals surface area contributed by atoms with Crippen LogP contribution in [0.5, 0.6) is 0 Å². The topological polar surface area (TPSA) is 108 Å². The van der Waals surface area contributed by atoms with Crippen molar-refractivity contribution >= 4 is 0 Å². The summed E-state index contributed by atoms with van der Waals surface area (Å²) in [5.41, 5.74) is 0. The maximum absolute atomic E-state index is 9.84. The van der Waals surface area contributed by atoms with Crippen molar-refractivity contribution in [2.75, 3.05) is 26.2 Å². The van der Waals surface area contributed by atoms with E-state index in [0.717, 1.165) is 0 Å². The van der Waals surface area contributed by atoms with Crippen molar-refractivity contribution in [3.05, 3.63) is 20.2 Å². The van der Waals surface area contributed by atoms with Crippen molar-refractivity contribution in [3.8, 4) is 0 Å². The fourth-order valence-electron chi connectivity index (χ4n) is 0.651. The minimum Gasteiger partial charge on any atom is -0.315 e. The van der Waals surface area contributed by atoms with Crippen LogP contribution in [0.15, 0.2) is 0 Å². The van der Waals surface area contributed by atoms with Gasteiger partial charge >= 0.3 is 0 Å². The molecule has 0 fully saturated rings. The fourth-order valence-corrected chi connectivity index (χ4v) is 0.651. The second kappa shape index (κ2) is 7.22. The number of hydrogen-bond donors (Lipinski definition) is 1. The molecule has 0 bridgehead atoms. The van der Waals surface area contributed by atoms with Crippen LogP contribution < -0.4 is 5.32 Å².